The Morgan fingerprint density at radius 1 is 1.09 bits per heavy atom. The number of halogens is 1. The van der Waals surface area contributed by atoms with Crippen molar-refractivity contribution >= 4 is 29.1 Å². The Labute approximate surface area is 192 Å². The van der Waals surface area contributed by atoms with Crippen LogP contribution >= 0.6 is 11.6 Å². The van der Waals surface area contributed by atoms with Crippen molar-refractivity contribution in [3.63, 3.8) is 0 Å². The van der Waals surface area contributed by atoms with E-state index in [1.807, 2.05) is 0 Å². The molecule has 1 aromatic heterocycles. The van der Waals surface area contributed by atoms with E-state index in [9.17, 15) is 9.59 Å². The first-order valence-corrected chi connectivity index (χ1v) is 10.2. The van der Waals surface area contributed by atoms with Crippen molar-refractivity contribution < 1.29 is 23.6 Å². The number of anilines is 1. The second-order valence-electron chi connectivity index (χ2n) is 7.26. The lowest BCUT2D eigenvalue weighted by Gasteiger charge is -2.19. The van der Waals surface area contributed by atoms with Gasteiger partial charge in [-0.05, 0) is 30.3 Å². The van der Waals surface area contributed by atoms with Crippen LogP contribution in [0.3, 0.4) is 0 Å². The maximum atomic E-state index is 13.1. The van der Waals surface area contributed by atoms with Gasteiger partial charge in [0.05, 0.1) is 25.5 Å². The van der Waals surface area contributed by atoms with Crippen molar-refractivity contribution in [2.24, 2.45) is 10.3 Å². The number of imide groups is 1. The highest BCUT2D eigenvalue weighted by Gasteiger charge is 2.55. The maximum absolute atomic E-state index is 13.1. The second-order valence-corrected chi connectivity index (χ2v) is 7.70. The Morgan fingerprint density at radius 3 is 2.70 bits per heavy atom. The molecule has 33 heavy (non-hydrogen) atoms. The van der Waals surface area contributed by atoms with Crippen LogP contribution in [-0.2, 0) is 16.1 Å². The summed E-state index contributed by atoms with van der Waals surface area (Å²) in [5.41, 5.74) is 0.988. The first kappa shape index (κ1) is 20.9. The summed E-state index contributed by atoms with van der Waals surface area (Å²) < 4.78 is 15.9. The molecule has 11 nitrogen and oxygen atoms in total. The molecule has 1 fully saturated rings. The monoisotopic (exact) mass is 468 g/mol. The van der Waals surface area contributed by atoms with Gasteiger partial charge in [-0.1, -0.05) is 28.0 Å². The molecular weight excluding hydrogens is 452 g/mol. The fraction of sp³-hybridized carbons (Fsp3) is 0.238. The van der Waals surface area contributed by atoms with Crippen LogP contribution in [0.25, 0.3) is 11.4 Å². The highest BCUT2D eigenvalue weighted by Crippen LogP contribution is 2.35. The van der Waals surface area contributed by atoms with E-state index in [2.05, 4.69) is 20.5 Å². The molecule has 0 aliphatic carbocycles. The largest absolute Gasteiger partial charge is 0.497 e. The molecule has 3 heterocycles. The number of benzene rings is 2. The zero-order chi connectivity index (χ0) is 23.1. The average molecular weight is 469 g/mol. The number of aromatic nitrogens is 2. The number of carbonyl (C=O) groups excluding carboxylic acids is 2. The number of carbonyl (C=O) groups is 2. The van der Waals surface area contributed by atoms with E-state index < -0.39 is 23.9 Å². The number of hydrogen-bond donors (Lipinski definition) is 0. The van der Waals surface area contributed by atoms with Gasteiger partial charge in [0.2, 0.25) is 11.7 Å². The van der Waals surface area contributed by atoms with E-state index in [4.69, 9.17) is 25.6 Å². The number of hydrogen-bond acceptors (Lipinski definition) is 10. The minimum atomic E-state index is -0.944. The summed E-state index contributed by atoms with van der Waals surface area (Å²) in [6.45, 7) is -0.00145. The molecule has 2 atom stereocenters. The van der Waals surface area contributed by atoms with Gasteiger partial charge in [0, 0.05) is 11.1 Å². The Morgan fingerprint density at radius 2 is 1.94 bits per heavy atom. The average Bonchev–Trinajstić information content (AvgIpc) is 3.51. The molecule has 0 saturated carbocycles. The van der Waals surface area contributed by atoms with Crippen molar-refractivity contribution in [1.29, 1.82) is 0 Å². The smallest absolute Gasteiger partial charge is 0.263 e. The van der Waals surface area contributed by atoms with E-state index >= 15 is 0 Å². The predicted molar refractivity (Wildman–Crippen MR) is 115 cm³/mol. The molecular formula is C21H17ClN6O5. The summed E-state index contributed by atoms with van der Waals surface area (Å²) in [6.07, 6.45) is 0. The Bertz CT molecular complexity index is 1280. The summed E-state index contributed by atoms with van der Waals surface area (Å²) in [6, 6.07) is 9.87. The second kappa shape index (κ2) is 8.17. The van der Waals surface area contributed by atoms with Crippen molar-refractivity contribution in [3.8, 4) is 22.9 Å². The maximum Gasteiger partial charge on any atom is 0.263 e. The minimum Gasteiger partial charge on any atom is -0.497 e. The van der Waals surface area contributed by atoms with Gasteiger partial charge in [0.25, 0.3) is 11.8 Å². The quantitative estimate of drug-likeness (QED) is 0.506. The van der Waals surface area contributed by atoms with Gasteiger partial charge in [-0.2, -0.15) is 10.1 Å². The molecule has 1 saturated heterocycles. The van der Waals surface area contributed by atoms with E-state index in [1.165, 1.54) is 12.1 Å². The summed E-state index contributed by atoms with van der Waals surface area (Å²) in [5.74, 6) is 0.713. The number of amides is 2. The van der Waals surface area contributed by atoms with Gasteiger partial charge < -0.3 is 14.0 Å². The van der Waals surface area contributed by atoms with Crippen molar-refractivity contribution in [1.82, 2.24) is 15.1 Å². The van der Waals surface area contributed by atoms with Crippen LogP contribution in [0, 0.1) is 0 Å². The number of rotatable bonds is 6. The molecule has 5 rings (SSSR count). The van der Waals surface area contributed by atoms with E-state index in [-0.39, 0.29) is 12.4 Å². The lowest BCUT2D eigenvalue weighted by atomic mass is 10.1. The van der Waals surface area contributed by atoms with Crippen LogP contribution in [0.15, 0.2) is 57.3 Å². The molecule has 3 aromatic rings. The fourth-order valence-electron chi connectivity index (χ4n) is 3.77. The molecule has 0 unspecified atom stereocenters. The standard InChI is InChI=1S/C21H17ClN6O5/c1-31-13-6-7-14(15(9-13)32-2)19-23-16(33-25-19)10-27-18-17(24-26-27)20(29)28(21(18)30)12-5-3-4-11(22)8-12/h3-9,17-18H,10H2,1-2H3/t17-,18-/m1/s1. The van der Waals surface area contributed by atoms with Crippen molar-refractivity contribution in [2.75, 3.05) is 19.1 Å². The third-order valence-corrected chi connectivity index (χ3v) is 5.57. The van der Waals surface area contributed by atoms with Gasteiger partial charge in [-0.3, -0.25) is 14.6 Å². The third kappa shape index (κ3) is 3.55. The molecule has 0 spiro atoms. The summed E-state index contributed by atoms with van der Waals surface area (Å²) in [4.78, 5) is 31.4. The van der Waals surface area contributed by atoms with Crippen LogP contribution in [0.4, 0.5) is 5.69 Å². The Kier molecular flexibility index (Phi) is 5.17. The molecule has 2 aromatic carbocycles. The molecule has 0 bridgehead atoms. The van der Waals surface area contributed by atoms with E-state index in [0.29, 0.717) is 33.6 Å². The minimum absolute atomic E-state index is 0.00145. The number of fused-ring (bicyclic) bond motifs is 1. The van der Waals surface area contributed by atoms with Crippen LogP contribution in [0.1, 0.15) is 5.89 Å². The van der Waals surface area contributed by atoms with Gasteiger partial charge in [-0.25, -0.2) is 4.90 Å². The Hall–Kier alpha value is -3.99. The molecule has 2 aliphatic heterocycles. The topological polar surface area (TPSA) is 123 Å². The van der Waals surface area contributed by atoms with Gasteiger partial charge in [0.1, 0.15) is 18.0 Å². The van der Waals surface area contributed by atoms with Crippen LogP contribution in [-0.4, -0.2) is 53.3 Å². The lowest BCUT2D eigenvalue weighted by Crippen LogP contribution is -2.39. The first-order valence-electron chi connectivity index (χ1n) is 9.86. The van der Waals surface area contributed by atoms with Gasteiger partial charge in [-0.15, -0.1) is 0 Å². The predicted octanol–water partition coefficient (Wildman–Crippen LogP) is 2.90. The van der Waals surface area contributed by atoms with Gasteiger partial charge >= 0.3 is 0 Å². The van der Waals surface area contributed by atoms with Crippen molar-refractivity contribution in [2.45, 2.75) is 18.6 Å². The number of methoxy groups -OCH3 is 2. The molecule has 2 amide bonds. The SMILES string of the molecule is COc1ccc(-c2noc(CN3N=N[C@H]4C(=O)N(c5cccc(Cl)c5)C(=O)[C@@H]43)n2)c(OC)c1. The normalized spacial score (nSPS) is 19.4. The van der Waals surface area contributed by atoms with Crippen LogP contribution < -0.4 is 14.4 Å². The molecule has 0 radical (unpaired) electrons. The molecule has 2 aliphatic rings. The molecule has 168 valence electrons. The molecule has 12 heteroatoms. The first-order chi connectivity index (χ1) is 16.0. The van der Waals surface area contributed by atoms with Crippen LogP contribution in [0.2, 0.25) is 5.02 Å². The van der Waals surface area contributed by atoms with Gasteiger partial charge in [0.15, 0.2) is 12.1 Å². The number of nitrogens with zero attached hydrogens (tertiary/aromatic N) is 6. The van der Waals surface area contributed by atoms with Crippen molar-refractivity contribution in [3.05, 3.63) is 53.4 Å². The highest BCUT2D eigenvalue weighted by molar-refractivity contribution is 6.31. The third-order valence-electron chi connectivity index (χ3n) is 5.34. The fourth-order valence-corrected chi connectivity index (χ4v) is 3.96. The summed E-state index contributed by atoms with van der Waals surface area (Å²) in [5, 5.41) is 13.8. The lowest BCUT2D eigenvalue weighted by molar-refractivity contribution is -0.123. The van der Waals surface area contributed by atoms with E-state index in [0.717, 1.165) is 4.90 Å². The van der Waals surface area contributed by atoms with E-state index in [1.54, 1.807) is 49.6 Å². The highest BCUT2D eigenvalue weighted by atomic mass is 35.5. The number of ether oxygens (including phenoxy) is 2. The van der Waals surface area contributed by atoms with Crippen LogP contribution in [0.5, 0.6) is 11.5 Å². The zero-order valence-electron chi connectivity index (χ0n) is 17.5. The Balaban J connectivity index is 1.37. The zero-order valence-corrected chi connectivity index (χ0v) is 18.3. The molecule has 0 N–H and O–H groups in total. The summed E-state index contributed by atoms with van der Waals surface area (Å²) >= 11 is 6.02. The summed E-state index contributed by atoms with van der Waals surface area (Å²) in [7, 11) is 3.08.